The molecular formula is C15H17NO3. The van der Waals surface area contributed by atoms with Crippen LogP contribution in [0.3, 0.4) is 0 Å². The molecule has 100 valence electrons. The van der Waals surface area contributed by atoms with Gasteiger partial charge >= 0.3 is 0 Å². The Morgan fingerprint density at radius 3 is 2.37 bits per heavy atom. The van der Waals surface area contributed by atoms with Crippen molar-refractivity contribution in [3.8, 4) is 17.2 Å². The molecule has 0 aliphatic rings. The molecule has 2 rings (SSSR count). The summed E-state index contributed by atoms with van der Waals surface area (Å²) in [4.78, 5) is 0. The highest BCUT2D eigenvalue weighted by atomic mass is 16.5. The first-order chi connectivity index (χ1) is 9.26. The summed E-state index contributed by atoms with van der Waals surface area (Å²) in [5, 5.41) is 13.2. The molecular weight excluding hydrogens is 242 g/mol. The first-order valence-corrected chi connectivity index (χ1v) is 5.98. The highest BCUT2D eigenvalue weighted by molar-refractivity contribution is 5.57. The van der Waals surface area contributed by atoms with E-state index in [0.717, 1.165) is 17.0 Å². The van der Waals surface area contributed by atoms with Gasteiger partial charge < -0.3 is 19.9 Å². The van der Waals surface area contributed by atoms with Gasteiger partial charge in [-0.25, -0.2) is 0 Å². The number of hydrogen-bond donors (Lipinski definition) is 2. The van der Waals surface area contributed by atoms with E-state index in [1.54, 1.807) is 13.2 Å². The van der Waals surface area contributed by atoms with Gasteiger partial charge in [0.2, 0.25) is 0 Å². The predicted molar refractivity (Wildman–Crippen MR) is 75.0 cm³/mol. The number of ether oxygens (including phenoxy) is 2. The third kappa shape index (κ3) is 2.91. The molecule has 0 spiro atoms. The van der Waals surface area contributed by atoms with E-state index in [2.05, 4.69) is 5.32 Å². The lowest BCUT2D eigenvalue weighted by Gasteiger charge is -2.13. The molecule has 0 aromatic heterocycles. The fourth-order valence-electron chi connectivity index (χ4n) is 1.86. The summed E-state index contributed by atoms with van der Waals surface area (Å²) in [6.07, 6.45) is 0. The molecule has 0 fully saturated rings. The lowest BCUT2D eigenvalue weighted by atomic mass is 10.1. The van der Waals surface area contributed by atoms with Gasteiger partial charge in [-0.15, -0.1) is 0 Å². The van der Waals surface area contributed by atoms with Crippen LogP contribution in [0, 0.1) is 0 Å². The van der Waals surface area contributed by atoms with Gasteiger partial charge in [0.05, 0.1) is 19.9 Å². The van der Waals surface area contributed by atoms with Crippen LogP contribution in [-0.4, -0.2) is 19.3 Å². The summed E-state index contributed by atoms with van der Waals surface area (Å²) >= 11 is 0. The third-order valence-electron chi connectivity index (χ3n) is 2.88. The lowest BCUT2D eigenvalue weighted by molar-refractivity contribution is 0.371. The van der Waals surface area contributed by atoms with Crippen molar-refractivity contribution in [2.45, 2.75) is 6.54 Å². The Hall–Kier alpha value is -2.36. The van der Waals surface area contributed by atoms with Crippen LogP contribution in [0.25, 0.3) is 0 Å². The summed E-state index contributed by atoms with van der Waals surface area (Å²) in [6, 6.07) is 13.1. The average molecular weight is 259 g/mol. The maximum atomic E-state index is 10.00. The summed E-state index contributed by atoms with van der Waals surface area (Å²) in [7, 11) is 3.16. The second-order valence-corrected chi connectivity index (χ2v) is 4.02. The molecule has 0 radical (unpaired) electrons. The average Bonchev–Trinajstić information content (AvgIpc) is 2.46. The number of anilines is 1. The zero-order chi connectivity index (χ0) is 13.7. The Morgan fingerprint density at radius 1 is 0.947 bits per heavy atom. The fraction of sp³-hybridized carbons (Fsp3) is 0.200. The van der Waals surface area contributed by atoms with Gasteiger partial charge in [0.1, 0.15) is 5.75 Å². The number of phenols is 1. The largest absolute Gasteiger partial charge is 0.504 e. The minimum atomic E-state index is 0.160. The maximum Gasteiger partial charge on any atom is 0.162 e. The van der Waals surface area contributed by atoms with Gasteiger partial charge in [0.25, 0.3) is 0 Å². The third-order valence-corrected chi connectivity index (χ3v) is 2.88. The predicted octanol–water partition coefficient (Wildman–Crippen LogP) is 3.02. The first kappa shape index (κ1) is 13.1. The van der Waals surface area contributed by atoms with Crippen LogP contribution < -0.4 is 14.8 Å². The van der Waals surface area contributed by atoms with Crippen LogP contribution in [0.4, 0.5) is 5.69 Å². The van der Waals surface area contributed by atoms with Crippen molar-refractivity contribution in [1.29, 1.82) is 0 Å². The Bertz CT molecular complexity index is 555. The molecule has 0 saturated heterocycles. The summed E-state index contributed by atoms with van der Waals surface area (Å²) < 4.78 is 10.3. The highest BCUT2D eigenvalue weighted by Gasteiger charge is 2.08. The molecule has 0 saturated carbocycles. The Morgan fingerprint density at radius 2 is 1.63 bits per heavy atom. The van der Waals surface area contributed by atoms with E-state index in [1.807, 2.05) is 36.4 Å². The number of rotatable bonds is 5. The number of benzene rings is 2. The number of phenolic OH excluding ortho intramolecular Hbond substituents is 1. The minimum absolute atomic E-state index is 0.160. The van der Waals surface area contributed by atoms with E-state index in [1.165, 1.54) is 7.11 Å². The zero-order valence-electron chi connectivity index (χ0n) is 11.0. The van der Waals surface area contributed by atoms with Gasteiger partial charge in [-0.2, -0.15) is 0 Å². The molecule has 2 N–H and O–H groups in total. The minimum Gasteiger partial charge on any atom is -0.504 e. The van der Waals surface area contributed by atoms with E-state index in [0.29, 0.717) is 12.3 Å². The summed E-state index contributed by atoms with van der Waals surface area (Å²) in [6.45, 7) is 0.489. The Balaban J connectivity index is 2.15. The van der Waals surface area contributed by atoms with Gasteiger partial charge in [-0.05, 0) is 18.2 Å². The summed E-state index contributed by atoms with van der Waals surface area (Å²) in [5.74, 6) is 1.40. The normalized spacial score (nSPS) is 10.0. The van der Waals surface area contributed by atoms with Gasteiger partial charge in [0, 0.05) is 12.1 Å². The molecule has 4 heteroatoms. The van der Waals surface area contributed by atoms with Crippen LogP contribution in [0.1, 0.15) is 5.56 Å². The second-order valence-electron chi connectivity index (χ2n) is 4.02. The van der Waals surface area contributed by atoms with E-state index in [9.17, 15) is 5.11 Å². The molecule has 4 nitrogen and oxygen atoms in total. The van der Waals surface area contributed by atoms with Crippen LogP contribution in [-0.2, 0) is 6.54 Å². The molecule has 0 bridgehead atoms. The second kappa shape index (κ2) is 6.00. The van der Waals surface area contributed by atoms with Crippen LogP contribution in [0.15, 0.2) is 42.5 Å². The number of aromatic hydroxyl groups is 1. The lowest BCUT2D eigenvalue weighted by Crippen LogP contribution is -2.02. The van der Waals surface area contributed by atoms with E-state index < -0.39 is 0 Å². The van der Waals surface area contributed by atoms with Crippen molar-refractivity contribution >= 4 is 5.69 Å². The number of para-hydroxylation sites is 3. The first-order valence-electron chi connectivity index (χ1n) is 5.98. The van der Waals surface area contributed by atoms with Gasteiger partial charge in [-0.1, -0.05) is 24.3 Å². The maximum absolute atomic E-state index is 10.00. The van der Waals surface area contributed by atoms with Crippen LogP contribution >= 0.6 is 0 Å². The fourth-order valence-corrected chi connectivity index (χ4v) is 1.86. The molecule has 0 aliphatic carbocycles. The van der Waals surface area contributed by atoms with E-state index in [-0.39, 0.29) is 5.75 Å². The quantitative estimate of drug-likeness (QED) is 0.866. The highest BCUT2D eigenvalue weighted by Crippen LogP contribution is 2.31. The topological polar surface area (TPSA) is 50.7 Å². The standard InChI is InChI=1S/C15H17NO3/c1-18-13-8-4-3-7-12(13)16-10-11-6-5-9-14(19-2)15(11)17/h3-9,16-17H,10H2,1-2H3. The van der Waals surface area contributed by atoms with Gasteiger partial charge in [0.15, 0.2) is 11.5 Å². The van der Waals surface area contributed by atoms with Crippen molar-refractivity contribution in [3.05, 3.63) is 48.0 Å². The molecule has 0 heterocycles. The monoisotopic (exact) mass is 259 g/mol. The molecule has 19 heavy (non-hydrogen) atoms. The molecule has 0 unspecified atom stereocenters. The smallest absolute Gasteiger partial charge is 0.162 e. The molecule has 0 aliphatic heterocycles. The SMILES string of the molecule is COc1ccccc1NCc1cccc(OC)c1O. The molecule has 2 aromatic rings. The van der Waals surface area contributed by atoms with Crippen molar-refractivity contribution in [3.63, 3.8) is 0 Å². The van der Waals surface area contributed by atoms with Crippen molar-refractivity contribution in [2.75, 3.05) is 19.5 Å². The van der Waals surface area contributed by atoms with Gasteiger partial charge in [-0.3, -0.25) is 0 Å². The van der Waals surface area contributed by atoms with E-state index in [4.69, 9.17) is 9.47 Å². The van der Waals surface area contributed by atoms with Crippen molar-refractivity contribution in [2.24, 2.45) is 0 Å². The number of hydrogen-bond acceptors (Lipinski definition) is 4. The van der Waals surface area contributed by atoms with E-state index >= 15 is 0 Å². The molecule has 0 atom stereocenters. The Labute approximate surface area is 112 Å². The Kier molecular flexibility index (Phi) is 4.13. The number of methoxy groups -OCH3 is 2. The van der Waals surface area contributed by atoms with Crippen molar-refractivity contribution in [1.82, 2.24) is 0 Å². The zero-order valence-corrected chi connectivity index (χ0v) is 11.0. The van der Waals surface area contributed by atoms with Crippen LogP contribution in [0.2, 0.25) is 0 Å². The van der Waals surface area contributed by atoms with Crippen molar-refractivity contribution < 1.29 is 14.6 Å². The molecule has 0 amide bonds. The summed E-state index contributed by atoms with van der Waals surface area (Å²) in [5.41, 5.74) is 1.65. The number of nitrogens with one attached hydrogen (secondary N) is 1. The molecule has 2 aromatic carbocycles. The van der Waals surface area contributed by atoms with Crippen LogP contribution in [0.5, 0.6) is 17.2 Å².